The van der Waals surface area contributed by atoms with Crippen LogP contribution in [0.4, 0.5) is 0 Å². The van der Waals surface area contributed by atoms with Gasteiger partial charge < -0.3 is 9.42 Å². The summed E-state index contributed by atoms with van der Waals surface area (Å²) in [6.45, 7) is 7.82. The topological polar surface area (TPSA) is 46.3 Å². The number of benzene rings is 1. The summed E-state index contributed by atoms with van der Waals surface area (Å²) >= 11 is 6.05. The van der Waals surface area contributed by atoms with E-state index in [1.807, 2.05) is 30.9 Å². The molecule has 2 aromatic rings. The molecule has 1 heterocycles. The van der Waals surface area contributed by atoms with Crippen LogP contribution in [-0.4, -0.2) is 22.5 Å². The summed E-state index contributed by atoms with van der Waals surface area (Å²) in [4.78, 5) is 14.8. The number of aryl methyl sites for hydroxylation is 3. The van der Waals surface area contributed by atoms with E-state index in [-0.39, 0.29) is 18.4 Å². The number of halogens is 1. The zero-order chi connectivity index (χ0) is 17.3. The summed E-state index contributed by atoms with van der Waals surface area (Å²) in [5, 5.41) is 4.40. The van der Waals surface area contributed by atoms with Gasteiger partial charge in [-0.05, 0) is 37.8 Å². The van der Waals surface area contributed by atoms with Crippen LogP contribution in [0.25, 0.3) is 0 Å². The van der Waals surface area contributed by atoms with Crippen molar-refractivity contribution in [3.63, 3.8) is 0 Å². The summed E-state index contributed by atoms with van der Waals surface area (Å²) in [6, 6.07) is 8.33. The van der Waals surface area contributed by atoms with Crippen molar-refractivity contribution in [2.75, 3.05) is 6.54 Å². The summed E-state index contributed by atoms with van der Waals surface area (Å²) < 4.78 is 5.17. The normalized spacial score (nSPS) is 16.0. The molecule has 3 rings (SSSR count). The van der Waals surface area contributed by atoms with E-state index >= 15 is 0 Å². The van der Waals surface area contributed by atoms with Crippen molar-refractivity contribution in [3.8, 4) is 0 Å². The molecule has 0 saturated heterocycles. The molecule has 0 bridgehead atoms. The number of aromatic nitrogens is 1. The highest BCUT2D eigenvalue weighted by molar-refractivity contribution is 6.29. The zero-order valence-electron chi connectivity index (χ0n) is 14.0. The summed E-state index contributed by atoms with van der Waals surface area (Å²) in [5.41, 5.74) is 4.13. The highest BCUT2D eigenvalue weighted by atomic mass is 35.5. The monoisotopic (exact) mass is 344 g/mol. The molecule has 126 valence electrons. The Morgan fingerprint density at radius 3 is 2.83 bits per heavy atom. The third-order valence-corrected chi connectivity index (χ3v) is 4.77. The minimum absolute atomic E-state index is 0.0212. The van der Waals surface area contributed by atoms with Gasteiger partial charge >= 0.3 is 0 Å². The molecule has 1 aromatic carbocycles. The van der Waals surface area contributed by atoms with Gasteiger partial charge in [-0.1, -0.05) is 47.6 Å². The fourth-order valence-electron chi connectivity index (χ4n) is 3.42. The lowest BCUT2D eigenvalue weighted by atomic mass is 10.0. The van der Waals surface area contributed by atoms with E-state index in [9.17, 15) is 4.79 Å². The van der Waals surface area contributed by atoms with Gasteiger partial charge in [0.1, 0.15) is 5.76 Å². The Morgan fingerprint density at radius 2 is 2.17 bits per heavy atom. The third-order valence-electron chi connectivity index (χ3n) is 4.65. The molecule has 4 nitrogen and oxygen atoms in total. The van der Waals surface area contributed by atoms with E-state index in [2.05, 4.69) is 23.9 Å². The third kappa shape index (κ3) is 3.24. The lowest BCUT2D eigenvalue weighted by Crippen LogP contribution is -2.36. The maximum Gasteiger partial charge on any atom is 0.228 e. The van der Waals surface area contributed by atoms with E-state index in [1.165, 1.54) is 11.1 Å². The number of fused-ring (bicyclic) bond motifs is 1. The first-order valence-electron chi connectivity index (χ1n) is 8.09. The highest BCUT2D eigenvalue weighted by Crippen LogP contribution is 2.36. The molecule has 1 aromatic heterocycles. The molecule has 5 heteroatoms. The summed E-state index contributed by atoms with van der Waals surface area (Å²) in [6.07, 6.45) is 2.16. The molecule has 1 amide bonds. The minimum atomic E-state index is 0.0212. The lowest BCUT2D eigenvalue weighted by molar-refractivity contribution is -0.132. The molecule has 0 spiro atoms. The first-order valence-corrected chi connectivity index (χ1v) is 8.47. The number of hydrogen-bond acceptors (Lipinski definition) is 3. The van der Waals surface area contributed by atoms with Gasteiger partial charge in [-0.15, -0.1) is 0 Å². The van der Waals surface area contributed by atoms with Gasteiger partial charge in [-0.25, -0.2) is 0 Å². The number of carbonyl (C=O) groups is 1. The minimum Gasteiger partial charge on any atom is -0.361 e. The first-order chi connectivity index (χ1) is 11.5. The largest absolute Gasteiger partial charge is 0.361 e. The lowest BCUT2D eigenvalue weighted by Gasteiger charge is -2.29. The standard InChI is InChI=1S/C19H21ClN2O2/c1-12(20)11-22(18-9-8-15-6-4-5-7-16(15)18)19(23)10-17-13(2)21-24-14(17)3/h4-7,18H,1,8-11H2,2-3H3. The van der Waals surface area contributed by atoms with Gasteiger partial charge in [0, 0.05) is 10.6 Å². The Hall–Kier alpha value is -2.07. The van der Waals surface area contributed by atoms with Crippen molar-refractivity contribution in [1.82, 2.24) is 10.1 Å². The van der Waals surface area contributed by atoms with E-state index < -0.39 is 0 Å². The van der Waals surface area contributed by atoms with Crippen molar-refractivity contribution in [3.05, 3.63) is 64.0 Å². The maximum absolute atomic E-state index is 13.0. The number of carbonyl (C=O) groups excluding carboxylic acids is 1. The van der Waals surface area contributed by atoms with Crippen LogP contribution in [-0.2, 0) is 17.6 Å². The molecule has 0 N–H and O–H groups in total. The Morgan fingerprint density at radius 1 is 1.42 bits per heavy atom. The highest BCUT2D eigenvalue weighted by Gasteiger charge is 2.31. The average molecular weight is 345 g/mol. The van der Waals surface area contributed by atoms with E-state index in [0.29, 0.717) is 17.3 Å². The van der Waals surface area contributed by atoms with Crippen LogP contribution in [0.15, 0.2) is 40.4 Å². The Bertz CT molecular complexity index is 762. The molecule has 1 unspecified atom stereocenters. The molecule has 0 radical (unpaired) electrons. The molecular weight excluding hydrogens is 324 g/mol. The number of amides is 1. The fraction of sp³-hybridized carbons (Fsp3) is 0.368. The zero-order valence-corrected chi connectivity index (χ0v) is 14.8. The second-order valence-electron chi connectivity index (χ2n) is 6.27. The van der Waals surface area contributed by atoms with E-state index in [1.54, 1.807) is 0 Å². The molecule has 0 fully saturated rings. The van der Waals surface area contributed by atoms with Crippen LogP contribution >= 0.6 is 11.6 Å². The summed E-state index contributed by atoms with van der Waals surface area (Å²) in [5.74, 6) is 0.713. The van der Waals surface area contributed by atoms with Gasteiger partial charge in [0.2, 0.25) is 5.91 Å². The molecule has 1 aliphatic rings. The van der Waals surface area contributed by atoms with Crippen LogP contribution in [0.1, 0.15) is 40.6 Å². The van der Waals surface area contributed by atoms with Crippen LogP contribution in [0.2, 0.25) is 0 Å². The summed E-state index contributed by atoms with van der Waals surface area (Å²) in [7, 11) is 0. The molecule has 24 heavy (non-hydrogen) atoms. The Labute approximate surface area is 147 Å². The van der Waals surface area contributed by atoms with Crippen molar-refractivity contribution in [2.45, 2.75) is 39.2 Å². The molecule has 1 aliphatic carbocycles. The van der Waals surface area contributed by atoms with Crippen LogP contribution in [0.3, 0.4) is 0 Å². The van der Waals surface area contributed by atoms with Crippen molar-refractivity contribution < 1.29 is 9.32 Å². The Balaban J connectivity index is 1.87. The predicted octanol–water partition coefficient (Wildman–Crippen LogP) is 4.10. The van der Waals surface area contributed by atoms with Crippen molar-refractivity contribution in [2.24, 2.45) is 0 Å². The van der Waals surface area contributed by atoms with Crippen LogP contribution < -0.4 is 0 Å². The van der Waals surface area contributed by atoms with Crippen molar-refractivity contribution in [1.29, 1.82) is 0 Å². The van der Waals surface area contributed by atoms with Gasteiger partial charge in [-0.3, -0.25) is 4.79 Å². The van der Waals surface area contributed by atoms with Gasteiger partial charge in [-0.2, -0.15) is 0 Å². The SMILES string of the molecule is C=C(Cl)CN(C(=O)Cc1c(C)noc1C)C1CCc2ccccc21. The van der Waals surface area contributed by atoms with Gasteiger partial charge in [0.05, 0.1) is 24.7 Å². The maximum atomic E-state index is 13.0. The van der Waals surface area contributed by atoms with Gasteiger partial charge in [0.25, 0.3) is 0 Å². The second kappa shape index (κ2) is 6.81. The second-order valence-corrected chi connectivity index (χ2v) is 6.81. The molecule has 0 saturated carbocycles. The molecule has 0 aliphatic heterocycles. The number of hydrogen-bond donors (Lipinski definition) is 0. The number of rotatable bonds is 5. The van der Waals surface area contributed by atoms with Crippen LogP contribution in [0, 0.1) is 13.8 Å². The first kappa shape index (κ1) is 16.8. The Kier molecular flexibility index (Phi) is 4.76. The van der Waals surface area contributed by atoms with E-state index in [0.717, 1.165) is 24.1 Å². The average Bonchev–Trinajstić information content (AvgIpc) is 3.11. The molecule has 1 atom stereocenters. The van der Waals surface area contributed by atoms with Crippen molar-refractivity contribution >= 4 is 17.5 Å². The smallest absolute Gasteiger partial charge is 0.228 e. The quantitative estimate of drug-likeness (QED) is 0.820. The van der Waals surface area contributed by atoms with Crippen LogP contribution in [0.5, 0.6) is 0 Å². The van der Waals surface area contributed by atoms with E-state index in [4.69, 9.17) is 16.1 Å². The van der Waals surface area contributed by atoms with Gasteiger partial charge in [0.15, 0.2) is 0 Å². The predicted molar refractivity (Wildman–Crippen MR) is 93.9 cm³/mol. The fourth-order valence-corrected chi connectivity index (χ4v) is 3.55. The molecular formula is C19H21ClN2O2. The number of nitrogens with zero attached hydrogens (tertiary/aromatic N) is 2.